The van der Waals surface area contributed by atoms with Crippen LogP contribution in [0.4, 0.5) is 0 Å². The first-order valence-corrected chi connectivity index (χ1v) is 9.99. The van der Waals surface area contributed by atoms with Gasteiger partial charge in [0.1, 0.15) is 5.56 Å². The van der Waals surface area contributed by atoms with Crippen molar-refractivity contribution in [2.45, 2.75) is 45.7 Å². The number of carbonyl (C=O) groups is 1. The van der Waals surface area contributed by atoms with Gasteiger partial charge in [0, 0.05) is 19.9 Å². The van der Waals surface area contributed by atoms with Crippen LogP contribution in [0.25, 0.3) is 0 Å². The number of ether oxygens (including phenoxy) is 1. The van der Waals surface area contributed by atoms with E-state index < -0.39 is 11.6 Å². The number of aromatic hydroxyl groups is 2. The van der Waals surface area contributed by atoms with E-state index in [9.17, 15) is 19.8 Å². The van der Waals surface area contributed by atoms with E-state index in [0.717, 1.165) is 12.8 Å². The van der Waals surface area contributed by atoms with Gasteiger partial charge in [0.25, 0.3) is 5.56 Å². The van der Waals surface area contributed by atoms with Crippen LogP contribution in [-0.4, -0.2) is 43.5 Å². The Morgan fingerprint density at radius 3 is 2.73 bits per heavy atom. The summed E-state index contributed by atoms with van der Waals surface area (Å²) in [7, 11) is 1.44. The molecule has 0 spiro atoms. The predicted octanol–water partition coefficient (Wildman–Crippen LogP) is 2.82. The van der Waals surface area contributed by atoms with Crippen LogP contribution in [0.1, 0.15) is 50.3 Å². The van der Waals surface area contributed by atoms with Gasteiger partial charge in [-0.3, -0.25) is 19.1 Å². The molecular formula is C20H24N4O5S. The number of benzene rings is 1. The first-order valence-electron chi connectivity index (χ1n) is 9.59. The van der Waals surface area contributed by atoms with Crippen molar-refractivity contribution in [3.8, 4) is 17.4 Å². The average molecular weight is 433 g/mol. The smallest absolute Gasteiger partial charge is 0.264 e. The highest BCUT2D eigenvalue weighted by Crippen LogP contribution is 2.37. The van der Waals surface area contributed by atoms with Crippen LogP contribution in [0, 0.1) is 4.77 Å². The molecule has 1 aliphatic heterocycles. The van der Waals surface area contributed by atoms with Crippen molar-refractivity contribution < 1.29 is 19.7 Å². The van der Waals surface area contributed by atoms with Crippen molar-refractivity contribution in [1.29, 1.82) is 0 Å². The zero-order chi connectivity index (χ0) is 22.0. The molecule has 0 saturated heterocycles. The van der Waals surface area contributed by atoms with Crippen LogP contribution >= 0.6 is 12.2 Å². The maximum Gasteiger partial charge on any atom is 0.264 e. The van der Waals surface area contributed by atoms with Gasteiger partial charge in [0.05, 0.1) is 18.9 Å². The van der Waals surface area contributed by atoms with Crippen molar-refractivity contribution in [2.75, 3.05) is 7.11 Å². The number of aromatic nitrogens is 2. The molecule has 2 aromatic rings. The van der Waals surface area contributed by atoms with Crippen LogP contribution in [0.15, 0.2) is 28.1 Å². The van der Waals surface area contributed by atoms with E-state index in [2.05, 4.69) is 10.1 Å². The van der Waals surface area contributed by atoms with E-state index in [-0.39, 0.29) is 40.0 Å². The van der Waals surface area contributed by atoms with Gasteiger partial charge in [-0.25, -0.2) is 5.01 Å². The van der Waals surface area contributed by atoms with Crippen LogP contribution in [0.3, 0.4) is 0 Å². The fourth-order valence-electron chi connectivity index (χ4n) is 3.47. The molecule has 0 radical (unpaired) electrons. The SMILES string of the molecule is CCCCn1c(O)c(C2=NN(C(C)=O)C(c3ccc(OC)c(O)c3)C2)c(=O)[nH]c1=S. The Morgan fingerprint density at radius 2 is 2.13 bits per heavy atom. The number of nitrogens with one attached hydrogen (secondary N) is 1. The molecule has 10 heteroatoms. The number of hydrazone groups is 1. The van der Waals surface area contributed by atoms with Crippen LogP contribution in [0.5, 0.6) is 17.4 Å². The summed E-state index contributed by atoms with van der Waals surface area (Å²) in [4.78, 5) is 27.4. The highest BCUT2D eigenvalue weighted by Gasteiger charge is 2.34. The summed E-state index contributed by atoms with van der Waals surface area (Å²) in [5, 5.41) is 26.5. The molecule has 0 saturated carbocycles. The summed E-state index contributed by atoms with van der Waals surface area (Å²) < 4.78 is 6.66. The van der Waals surface area contributed by atoms with Crippen molar-refractivity contribution in [1.82, 2.24) is 14.6 Å². The number of rotatable bonds is 6. The highest BCUT2D eigenvalue weighted by atomic mass is 32.1. The third-order valence-electron chi connectivity index (χ3n) is 5.02. The maximum atomic E-state index is 12.6. The lowest BCUT2D eigenvalue weighted by molar-refractivity contribution is -0.130. The van der Waals surface area contributed by atoms with Crippen LogP contribution < -0.4 is 10.3 Å². The lowest BCUT2D eigenvalue weighted by Gasteiger charge is -2.21. The molecule has 1 atom stereocenters. The fraction of sp³-hybridized carbons (Fsp3) is 0.400. The van der Waals surface area contributed by atoms with Gasteiger partial charge in [-0.1, -0.05) is 19.4 Å². The molecule has 0 fully saturated rings. The number of methoxy groups -OCH3 is 1. The van der Waals surface area contributed by atoms with Gasteiger partial charge >= 0.3 is 0 Å². The Labute approximate surface area is 178 Å². The standard InChI is InChI=1S/C20H24N4O5S/c1-4-5-8-23-19(28)17(18(27)21-20(23)30)13-10-14(24(22-13)11(2)25)12-6-7-16(29-3)15(26)9-12/h6-7,9,14,26,28H,4-5,8,10H2,1-3H3,(H,21,27,30). The molecule has 1 unspecified atom stereocenters. The fourth-order valence-corrected chi connectivity index (χ4v) is 3.74. The third kappa shape index (κ3) is 3.95. The second kappa shape index (κ2) is 8.70. The Morgan fingerprint density at radius 1 is 1.40 bits per heavy atom. The summed E-state index contributed by atoms with van der Waals surface area (Å²) in [6.45, 7) is 3.82. The number of carbonyl (C=O) groups excluding carboxylic acids is 1. The molecule has 3 N–H and O–H groups in total. The molecule has 30 heavy (non-hydrogen) atoms. The van der Waals surface area contributed by atoms with Crippen LogP contribution in [-0.2, 0) is 11.3 Å². The van der Waals surface area contributed by atoms with E-state index in [4.69, 9.17) is 17.0 Å². The number of H-pyrrole nitrogens is 1. The zero-order valence-corrected chi connectivity index (χ0v) is 17.8. The number of nitrogens with zero attached hydrogens (tertiary/aromatic N) is 3. The molecule has 160 valence electrons. The van der Waals surface area contributed by atoms with Crippen molar-refractivity contribution in [3.05, 3.63) is 44.5 Å². The molecule has 1 amide bonds. The van der Waals surface area contributed by atoms with Crippen molar-refractivity contribution in [2.24, 2.45) is 5.10 Å². The molecule has 1 aliphatic rings. The minimum absolute atomic E-state index is 0.00816. The summed E-state index contributed by atoms with van der Waals surface area (Å²) >= 11 is 5.18. The topological polar surface area (TPSA) is 120 Å². The second-order valence-corrected chi connectivity index (χ2v) is 7.41. The largest absolute Gasteiger partial charge is 0.504 e. The van der Waals surface area contributed by atoms with E-state index in [1.165, 1.54) is 29.7 Å². The normalized spacial score (nSPS) is 15.9. The van der Waals surface area contributed by atoms with Crippen molar-refractivity contribution in [3.63, 3.8) is 0 Å². The van der Waals surface area contributed by atoms with Gasteiger partial charge in [-0.2, -0.15) is 5.10 Å². The summed E-state index contributed by atoms with van der Waals surface area (Å²) in [5.41, 5.74) is 0.318. The highest BCUT2D eigenvalue weighted by molar-refractivity contribution is 7.71. The number of phenols is 1. The Bertz CT molecular complexity index is 1120. The van der Waals surface area contributed by atoms with Gasteiger partial charge in [-0.15, -0.1) is 0 Å². The molecule has 0 aliphatic carbocycles. The third-order valence-corrected chi connectivity index (χ3v) is 5.34. The Hall–Kier alpha value is -3.14. The molecule has 9 nitrogen and oxygen atoms in total. The number of hydrogen-bond acceptors (Lipinski definition) is 7. The molecule has 2 heterocycles. The first-order chi connectivity index (χ1) is 14.3. The Kier molecular flexibility index (Phi) is 6.25. The lowest BCUT2D eigenvalue weighted by Crippen LogP contribution is -2.24. The zero-order valence-electron chi connectivity index (χ0n) is 17.0. The second-order valence-electron chi connectivity index (χ2n) is 7.02. The minimum Gasteiger partial charge on any atom is -0.504 e. The first kappa shape index (κ1) is 21.6. The number of phenolic OH excluding ortho intramolecular Hbond substituents is 1. The lowest BCUT2D eigenvalue weighted by atomic mass is 9.98. The quantitative estimate of drug-likeness (QED) is 0.604. The molecular weight excluding hydrogens is 408 g/mol. The summed E-state index contributed by atoms with van der Waals surface area (Å²) in [5.74, 6) is -0.363. The van der Waals surface area contributed by atoms with Gasteiger partial charge < -0.3 is 14.9 Å². The van der Waals surface area contributed by atoms with E-state index in [1.54, 1.807) is 12.1 Å². The van der Waals surface area contributed by atoms with E-state index >= 15 is 0 Å². The number of hydrogen-bond donors (Lipinski definition) is 3. The summed E-state index contributed by atoms with van der Waals surface area (Å²) in [6, 6.07) is 4.27. The molecule has 0 bridgehead atoms. The van der Waals surface area contributed by atoms with Crippen molar-refractivity contribution >= 4 is 23.8 Å². The molecule has 1 aromatic carbocycles. The average Bonchev–Trinajstić information content (AvgIpc) is 3.12. The van der Waals surface area contributed by atoms with E-state index in [0.29, 0.717) is 17.9 Å². The maximum absolute atomic E-state index is 12.6. The number of unbranched alkanes of at least 4 members (excludes halogenated alkanes) is 1. The summed E-state index contributed by atoms with van der Waals surface area (Å²) in [6.07, 6.45) is 1.84. The van der Waals surface area contributed by atoms with Gasteiger partial charge in [0.15, 0.2) is 16.3 Å². The number of aromatic amines is 1. The van der Waals surface area contributed by atoms with Gasteiger partial charge in [0.2, 0.25) is 11.8 Å². The van der Waals surface area contributed by atoms with Gasteiger partial charge in [-0.05, 0) is 36.3 Å². The number of amides is 1. The van der Waals surface area contributed by atoms with E-state index in [1.807, 2.05) is 6.92 Å². The monoisotopic (exact) mass is 432 g/mol. The Balaban J connectivity index is 2.05. The predicted molar refractivity (Wildman–Crippen MR) is 114 cm³/mol. The molecule has 1 aromatic heterocycles. The molecule has 3 rings (SSSR count). The van der Waals surface area contributed by atoms with Crippen LogP contribution in [0.2, 0.25) is 0 Å². The minimum atomic E-state index is -0.564.